The van der Waals surface area contributed by atoms with Crippen molar-refractivity contribution in [3.05, 3.63) is 23.3 Å². The first-order valence-electron chi connectivity index (χ1n) is 12.1. The second-order valence-electron chi connectivity index (χ2n) is 10.8. The maximum atomic E-state index is 13.2. The third kappa shape index (κ3) is 2.81. The number of rotatable bonds is 3. The van der Waals surface area contributed by atoms with Crippen LogP contribution in [-0.4, -0.2) is 36.4 Å². The normalized spacial score (nSPS) is 42.8. The molecule has 5 atom stereocenters. The van der Waals surface area contributed by atoms with Gasteiger partial charge in [-0.15, -0.1) is 0 Å². The summed E-state index contributed by atoms with van der Waals surface area (Å²) in [6, 6.07) is 0. The summed E-state index contributed by atoms with van der Waals surface area (Å²) in [4.78, 5) is 25.3. The van der Waals surface area contributed by atoms with E-state index in [-0.39, 0.29) is 22.6 Å². The van der Waals surface area contributed by atoms with E-state index in [1.807, 2.05) is 6.92 Å². The molecule has 1 spiro atoms. The van der Waals surface area contributed by atoms with Gasteiger partial charge in [0.1, 0.15) is 0 Å². The average molecular weight is 429 g/mol. The van der Waals surface area contributed by atoms with Gasteiger partial charge in [0.2, 0.25) is 0 Å². The molecule has 5 heteroatoms. The van der Waals surface area contributed by atoms with Crippen LogP contribution in [-0.2, 0) is 23.8 Å². The molecule has 4 aliphatic carbocycles. The Balaban J connectivity index is 1.50. The molecule has 1 saturated heterocycles. The largest absolute Gasteiger partial charge is 0.451 e. The second-order valence-corrected chi connectivity index (χ2v) is 10.8. The lowest BCUT2D eigenvalue weighted by atomic mass is 9.50. The zero-order valence-electron chi connectivity index (χ0n) is 19.4. The van der Waals surface area contributed by atoms with Gasteiger partial charge in [0, 0.05) is 37.0 Å². The number of ketones is 1. The summed E-state index contributed by atoms with van der Waals surface area (Å²) in [5.74, 6) is 0.0945. The maximum Gasteiger partial charge on any atom is 0.303 e. The fraction of sp³-hybridized carbons (Fsp3) is 0.769. The number of carbonyl (C=O) groups is 2. The van der Waals surface area contributed by atoms with Gasteiger partial charge in [0.25, 0.3) is 0 Å². The van der Waals surface area contributed by atoms with Crippen molar-refractivity contribution in [2.75, 3.05) is 13.2 Å². The SMILES string of the molecule is CCC(=O)[C@@]1(OC(C)=O)CC[C@H]2[C@@H]3CC=C4CC5(CC[C@]4(C)C3=CC[C@@]21C)OCCO5. The van der Waals surface area contributed by atoms with E-state index in [9.17, 15) is 9.59 Å². The van der Waals surface area contributed by atoms with Gasteiger partial charge < -0.3 is 14.2 Å². The number of Topliss-reactive ketones (excluding diaryl/α,β-unsaturated/α-hetero) is 1. The minimum absolute atomic E-state index is 0.0479. The van der Waals surface area contributed by atoms with Crippen LogP contribution < -0.4 is 0 Å². The fourth-order valence-electron chi connectivity index (χ4n) is 7.87. The van der Waals surface area contributed by atoms with Crippen molar-refractivity contribution >= 4 is 11.8 Å². The first kappa shape index (κ1) is 21.4. The second kappa shape index (κ2) is 7.02. The molecule has 0 N–H and O–H groups in total. The molecular weight excluding hydrogens is 392 g/mol. The average Bonchev–Trinajstić information content (AvgIpc) is 3.31. The van der Waals surface area contributed by atoms with Gasteiger partial charge in [0.15, 0.2) is 17.2 Å². The van der Waals surface area contributed by atoms with Crippen LogP contribution in [0.1, 0.15) is 79.1 Å². The first-order valence-corrected chi connectivity index (χ1v) is 12.1. The predicted octanol–water partition coefficient (Wildman–Crippen LogP) is 4.89. The van der Waals surface area contributed by atoms with Gasteiger partial charge in [-0.1, -0.05) is 44.1 Å². The van der Waals surface area contributed by atoms with Crippen LogP contribution >= 0.6 is 0 Å². The van der Waals surface area contributed by atoms with Crippen molar-refractivity contribution in [2.24, 2.45) is 22.7 Å². The van der Waals surface area contributed by atoms with Gasteiger partial charge in [-0.3, -0.25) is 9.59 Å². The van der Waals surface area contributed by atoms with Gasteiger partial charge >= 0.3 is 5.97 Å². The fourth-order valence-corrected chi connectivity index (χ4v) is 7.87. The molecule has 0 unspecified atom stereocenters. The highest BCUT2D eigenvalue weighted by atomic mass is 16.7. The van der Waals surface area contributed by atoms with Crippen molar-refractivity contribution < 1.29 is 23.8 Å². The third-order valence-corrected chi connectivity index (χ3v) is 9.51. The Morgan fingerprint density at radius 3 is 2.55 bits per heavy atom. The number of ether oxygens (including phenoxy) is 3. The van der Waals surface area contributed by atoms with Crippen LogP contribution in [0, 0.1) is 22.7 Å². The standard InChI is InChI=1S/C26H36O5/c1-5-22(28)26(31-17(2)27)11-9-21-19-7-6-18-16-25(29-14-15-30-25)13-12-23(18,3)20(19)8-10-24(21,26)4/h6,8,19,21H,5,7,9-16H2,1-4H3/t19-,21+,23+,24+,26+/m1/s1. The third-order valence-electron chi connectivity index (χ3n) is 9.51. The van der Waals surface area contributed by atoms with E-state index in [2.05, 4.69) is 26.0 Å². The summed E-state index contributed by atoms with van der Waals surface area (Å²) in [7, 11) is 0. The Labute approximate surface area is 185 Å². The molecule has 0 aromatic heterocycles. The molecule has 0 aromatic rings. The summed E-state index contributed by atoms with van der Waals surface area (Å²) < 4.78 is 18.0. The van der Waals surface area contributed by atoms with Crippen LogP contribution in [0.4, 0.5) is 0 Å². The Kier molecular flexibility index (Phi) is 4.84. The highest BCUT2D eigenvalue weighted by molar-refractivity contribution is 5.91. The number of allylic oxidation sites excluding steroid dienone is 3. The van der Waals surface area contributed by atoms with E-state index in [0.717, 1.165) is 38.5 Å². The Hall–Kier alpha value is -1.46. The molecule has 5 aliphatic rings. The van der Waals surface area contributed by atoms with E-state index in [0.29, 0.717) is 37.9 Å². The van der Waals surface area contributed by atoms with Crippen molar-refractivity contribution in [2.45, 2.75) is 90.4 Å². The molecule has 1 heterocycles. The Bertz CT molecular complexity index is 865. The van der Waals surface area contributed by atoms with E-state index in [1.165, 1.54) is 12.5 Å². The van der Waals surface area contributed by atoms with Crippen molar-refractivity contribution in [1.82, 2.24) is 0 Å². The molecular formula is C26H36O5. The van der Waals surface area contributed by atoms with E-state index in [4.69, 9.17) is 14.2 Å². The highest BCUT2D eigenvalue weighted by Gasteiger charge is 2.66. The topological polar surface area (TPSA) is 61.8 Å². The van der Waals surface area contributed by atoms with Gasteiger partial charge in [-0.05, 0) is 43.9 Å². The maximum absolute atomic E-state index is 13.2. The Morgan fingerprint density at radius 1 is 1.13 bits per heavy atom. The summed E-state index contributed by atoms with van der Waals surface area (Å²) >= 11 is 0. The molecule has 0 aromatic carbocycles. The number of fused-ring (bicyclic) bond motifs is 5. The van der Waals surface area contributed by atoms with E-state index >= 15 is 0 Å². The van der Waals surface area contributed by atoms with Crippen LogP contribution in [0.3, 0.4) is 0 Å². The zero-order valence-corrected chi connectivity index (χ0v) is 19.4. The molecule has 0 radical (unpaired) electrons. The lowest BCUT2D eigenvalue weighted by Crippen LogP contribution is -2.56. The smallest absolute Gasteiger partial charge is 0.303 e. The summed E-state index contributed by atoms with van der Waals surface area (Å²) in [6.07, 6.45) is 11.5. The van der Waals surface area contributed by atoms with Gasteiger partial charge in [0.05, 0.1) is 13.2 Å². The molecule has 0 amide bonds. The molecule has 31 heavy (non-hydrogen) atoms. The molecule has 1 aliphatic heterocycles. The minimum atomic E-state index is -0.979. The zero-order chi connectivity index (χ0) is 22.1. The first-order chi connectivity index (χ1) is 14.7. The lowest BCUT2D eigenvalue weighted by Gasteiger charge is -2.55. The molecule has 3 fully saturated rings. The van der Waals surface area contributed by atoms with Crippen molar-refractivity contribution in [3.63, 3.8) is 0 Å². The van der Waals surface area contributed by atoms with Crippen LogP contribution in [0.5, 0.6) is 0 Å². The van der Waals surface area contributed by atoms with Gasteiger partial charge in [-0.2, -0.15) is 0 Å². The van der Waals surface area contributed by atoms with Crippen molar-refractivity contribution in [3.8, 4) is 0 Å². The van der Waals surface area contributed by atoms with Crippen LogP contribution in [0.25, 0.3) is 0 Å². The minimum Gasteiger partial charge on any atom is -0.451 e. The predicted molar refractivity (Wildman–Crippen MR) is 116 cm³/mol. The van der Waals surface area contributed by atoms with E-state index < -0.39 is 11.4 Å². The quantitative estimate of drug-likeness (QED) is 0.473. The highest BCUT2D eigenvalue weighted by Crippen LogP contribution is 2.67. The summed E-state index contributed by atoms with van der Waals surface area (Å²) in [5, 5.41) is 0. The number of hydrogen-bond donors (Lipinski definition) is 0. The summed E-state index contributed by atoms with van der Waals surface area (Å²) in [6.45, 7) is 9.31. The number of hydrogen-bond acceptors (Lipinski definition) is 5. The number of esters is 1. The number of carbonyl (C=O) groups excluding carboxylic acids is 2. The van der Waals surface area contributed by atoms with Gasteiger partial charge in [-0.25, -0.2) is 0 Å². The van der Waals surface area contributed by atoms with Crippen LogP contribution in [0.2, 0.25) is 0 Å². The monoisotopic (exact) mass is 428 g/mol. The molecule has 170 valence electrons. The Morgan fingerprint density at radius 2 is 1.87 bits per heavy atom. The molecule has 5 rings (SSSR count). The molecule has 2 saturated carbocycles. The van der Waals surface area contributed by atoms with Crippen LogP contribution in [0.15, 0.2) is 23.3 Å². The summed E-state index contributed by atoms with van der Waals surface area (Å²) in [5.41, 5.74) is 1.73. The van der Waals surface area contributed by atoms with E-state index in [1.54, 1.807) is 5.57 Å². The molecule has 5 nitrogen and oxygen atoms in total. The van der Waals surface area contributed by atoms with Crippen molar-refractivity contribution in [1.29, 1.82) is 0 Å². The molecule has 0 bridgehead atoms. The lowest BCUT2D eigenvalue weighted by molar-refractivity contribution is -0.182.